The van der Waals surface area contributed by atoms with Crippen LogP contribution in [-0.2, 0) is 14.4 Å². The highest BCUT2D eigenvalue weighted by Gasteiger charge is 2.64. The van der Waals surface area contributed by atoms with Crippen LogP contribution in [0.2, 0.25) is 0 Å². The van der Waals surface area contributed by atoms with Crippen LogP contribution in [-0.4, -0.2) is 35.1 Å². The first-order valence-electron chi connectivity index (χ1n) is 9.13. The minimum Gasteiger partial charge on any atom is -0.366 e. The van der Waals surface area contributed by atoms with Gasteiger partial charge in [-0.2, -0.15) is 0 Å². The van der Waals surface area contributed by atoms with E-state index >= 15 is 0 Å². The zero-order valence-electron chi connectivity index (χ0n) is 15.9. The van der Waals surface area contributed by atoms with Gasteiger partial charge >= 0.3 is 0 Å². The number of carbonyl (C=O) groups is 4. The minimum absolute atomic E-state index is 0.0261. The molecular formula is C20H25N3O4. The maximum Gasteiger partial charge on any atom is 0.248 e. The smallest absolute Gasteiger partial charge is 0.248 e. The third kappa shape index (κ3) is 3.01. The van der Waals surface area contributed by atoms with Crippen molar-refractivity contribution in [2.75, 3.05) is 11.9 Å². The number of nitrogens with two attached hydrogens (primary N) is 1. The molecule has 1 aromatic rings. The molecule has 1 aliphatic heterocycles. The van der Waals surface area contributed by atoms with Gasteiger partial charge in [0.2, 0.25) is 23.6 Å². The van der Waals surface area contributed by atoms with Gasteiger partial charge in [-0.05, 0) is 42.5 Å². The van der Waals surface area contributed by atoms with E-state index in [2.05, 4.69) is 5.32 Å². The van der Waals surface area contributed by atoms with Crippen molar-refractivity contribution in [3.05, 3.63) is 29.8 Å². The van der Waals surface area contributed by atoms with E-state index in [4.69, 9.17) is 5.73 Å². The van der Waals surface area contributed by atoms with Crippen LogP contribution in [0.25, 0.3) is 0 Å². The van der Waals surface area contributed by atoms with Crippen molar-refractivity contribution in [1.29, 1.82) is 0 Å². The zero-order chi connectivity index (χ0) is 20.0. The van der Waals surface area contributed by atoms with Gasteiger partial charge in [-0.15, -0.1) is 0 Å². The van der Waals surface area contributed by atoms with E-state index in [1.54, 1.807) is 12.1 Å². The number of likely N-dealkylation sites (tertiary alicyclic amines) is 1. The third-order valence-corrected chi connectivity index (χ3v) is 6.52. The Labute approximate surface area is 158 Å². The van der Waals surface area contributed by atoms with Crippen LogP contribution in [0.5, 0.6) is 0 Å². The molecule has 0 aromatic heterocycles. The lowest BCUT2D eigenvalue weighted by atomic mass is 9.62. The second kappa shape index (κ2) is 6.48. The first kappa shape index (κ1) is 19.1. The molecule has 1 aliphatic carbocycles. The van der Waals surface area contributed by atoms with E-state index in [1.807, 2.05) is 20.8 Å². The van der Waals surface area contributed by atoms with Crippen LogP contribution in [0.4, 0.5) is 5.69 Å². The number of imide groups is 1. The SMILES string of the molecule is CC12CCC(C(=O)N(CCC(=O)Nc3ccc(C(N)=O)cc3)C1=O)C2(C)C. The van der Waals surface area contributed by atoms with Crippen LogP contribution >= 0.6 is 0 Å². The van der Waals surface area contributed by atoms with E-state index in [0.717, 1.165) is 0 Å². The van der Waals surface area contributed by atoms with E-state index in [-0.39, 0.29) is 42.0 Å². The molecule has 1 saturated carbocycles. The van der Waals surface area contributed by atoms with Crippen molar-refractivity contribution < 1.29 is 19.2 Å². The van der Waals surface area contributed by atoms with Gasteiger partial charge in [-0.25, -0.2) is 0 Å². The number of nitrogens with zero attached hydrogens (tertiary/aromatic N) is 1. The number of rotatable bonds is 5. The largest absolute Gasteiger partial charge is 0.366 e. The Bertz CT molecular complexity index is 815. The summed E-state index contributed by atoms with van der Waals surface area (Å²) in [6.07, 6.45) is 1.44. The summed E-state index contributed by atoms with van der Waals surface area (Å²) >= 11 is 0. The maximum atomic E-state index is 12.9. The maximum absolute atomic E-state index is 12.9. The highest BCUT2D eigenvalue weighted by atomic mass is 16.2. The fourth-order valence-electron chi connectivity index (χ4n) is 4.27. The van der Waals surface area contributed by atoms with Crippen LogP contribution in [0.3, 0.4) is 0 Å². The zero-order valence-corrected chi connectivity index (χ0v) is 15.9. The second-order valence-corrected chi connectivity index (χ2v) is 8.18. The Kier molecular flexibility index (Phi) is 4.57. The first-order chi connectivity index (χ1) is 12.6. The number of primary amides is 1. The summed E-state index contributed by atoms with van der Waals surface area (Å²) in [6.45, 7) is 5.97. The van der Waals surface area contributed by atoms with Gasteiger partial charge in [0.1, 0.15) is 0 Å². The predicted octanol–water partition coefficient (Wildman–Crippen LogP) is 1.93. The van der Waals surface area contributed by atoms with Gasteiger partial charge < -0.3 is 11.1 Å². The number of hydrogen-bond acceptors (Lipinski definition) is 4. The predicted molar refractivity (Wildman–Crippen MR) is 99.5 cm³/mol. The fraction of sp³-hybridized carbons (Fsp3) is 0.500. The van der Waals surface area contributed by atoms with Crippen molar-refractivity contribution in [2.45, 2.75) is 40.0 Å². The molecule has 1 saturated heterocycles. The number of anilines is 1. The van der Waals surface area contributed by atoms with E-state index in [9.17, 15) is 19.2 Å². The lowest BCUT2D eigenvalue weighted by Gasteiger charge is -2.47. The summed E-state index contributed by atoms with van der Waals surface area (Å²) in [5.74, 6) is -1.36. The van der Waals surface area contributed by atoms with Gasteiger partial charge in [0, 0.05) is 30.1 Å². The van der Waals surface area contributed by atoms with Crippen molar-refractivity contribution in [1.82, 2.24) is 4.90 Å². The Hall–Kier alpha value is -2.70. The van der Waals surface area contributed by atoms with E-state index in [1.165, 1.54) is 17.0 Å². The molecule has 4 amide bonds. The minimum atomic E-state index is -0.563. The first-order valence-corrected chi connectivity index (χ1v) is 9.13. The average Bonchev–Trinajstić information content (AvgIpc) is 2.79. The molecule has 2 bridgehead atoms. The Morgan fingerprint density at radius 1 is 1.19 bits per heavy atom. The topological polar surface area (TPSA) is 110 Å². The normalized spacial score (nSPS) is 26.2. The number of benzene rings is 1. The quantitative estimate of drug-likeness (QED) is 0.771. The van der Waals surface area contributed by atoms with Crippen molar-refractivity contribution in [3.8, 4) is 0 Å². The molecule has 3 rings (SSSR count). The van der Waals surface area contributed by atoms with Gasteiger partial charge in [-0.1, -0.05) is 20.8 Å². The molecule has 0 radical (unpaired) electrons. The highest BCUT2D eigenvalue weighted by molar-refractivity contribution is 6.04. The number of nitrogens with one attached hydrogen (secondary N) is 1. The van der Waals surface area contributed by atoms with Crippen LogP contribution < -0.4 is 11.1 Å². The van der Waals surface area contributed by atoms with Crippen molar-refractivity contribution >= 4 is 29.3 Å². The number of piperidine rings is 1. The van der Waals surface area contributed by atoms with Crippen LogP contribution in [0, 0.1) is 16.7 Å². The van der Waals surface area contributed by atoms with Crippen molar-refractivity contribution in [3.63, 3.8) is 0 Å². The lowest BCUT2D eigenvalue weighted by Crippen LogP contribution is -2.59. The second-order valence-electron chi connectivity index (χ2n) is 8.18. The summed E-state index contributed by atoms with van der Waals surface area (Å²) in [5.41, 5.74) is 5.13. The van der Waals surface area contributed by atoms with Crippen molar-refractivity contribution in [2.24, 2.45) is 22.5 Å². The molecule has 2 aliphatic rings. The molecule has 144 valence electrons. The van der Waals surface area contributed by atoms with Gasteiger partial charge in [0.05, 0.1) is 5.41 Å². The summed E-state index contributed by atoms with van der Waals surface area (Å²) in [7, 11) is 0. The number of amides is 4. The summed E-state index contributed by atoms with van der Waals surface area (Å²) in [6, 6.07) is 6.21. The van der Waals surface area contributed by atoms with E-state index < -0.39 is 11.3 Å². The Morgan fingerprint density at radius 3 is 2.41 bits per heavy atom. The molecule has 2 fully saturated rings. The molecule has 2 atom stereocenters. The standard InChI is InChI=1S/C20H25N3O4/c1-19(2)14-8-10-20(19,3)18(27)23(17(14)26)11-9-15(24)22-13-6-4-12(5-7-13)16(21)25/h4-7,14H,8-11H2,1-3H3,(H2,21,25)(H,22,24). The monoisotopic (exact) mass is 371 g/mol. The lowest BCUT2D eigenvalue weighted by molar-refractivity contribution is -0.167. The Morgan fingerprint density at radius 2 is 1.81 bits per heavy atom. The van der Waals surface area contributed by atoms with Gasteiger partial charge in [0.15, 0.2) is 0 Å². The van der Waals surface area contributed by atoms with Gasteiger partial charge in [-0.3, -0.25) is 24.1 Å². The van der Waals surface area contributed by atoms with E-state index in [0.29, 0.717) is 24.1 Å². The summed E-state index contributed by atoms with van der Waals surface area (Å²) in [4.78, 5) is 50.2. The molecule has 1 aromatic carbocycles. The molecule has 1 heterocycles. The molecule has 7 heteroatoms. The molecule has 2 unspecified atom stereocenters. The summed E-state index contributed by atoms with van der Waals surface area (Å²) in [5, 5.41) is 2.70. The van der Waals surface area contributed by atoms with Crippen LogP contribution in [0.1, 0.15) is 50.4 Å². The molecule has 0 spiro atoms. The number of carbonyl (C=O) groups excluding carboxylic acids is 4. The van der Waals surface area contributed by atoms with Gasteiger partial charge in [0.25, 0.3) is 0 Å². The molecule has 7 nitrogen and oxygen atoms in total. The molecular weight excluding hydrogens is 346 g/mol. The molecule has 3 N–H and O–H groups in total. The highest BCUT2D eigenvalue weighted by Crippen LogP contribution is 2.59. The third-order valence-electron chi connectivity index (χ3n) is 6.52. The average molecular weight is 371 g/mol. The number of fused-ring (bicyclic) bond motifs is 2. The molecule has 27 heavy (non-hydrogen) atoms. The fourth-order valence-corrected chi connectivity index (χ4v) is 4.27. The summed E-state index contributed by atoms with van der Waals surface area (Å²) < 4.78 is 0. The Balaban J connectivity index is 1.63. The van der Waals surface area contributed by atoms with Crippen LogP contribution in [0.15, 0.2) is 24.3 Å². The number of hydrogen-bond donors (Lipinski definition) is 2.